The second kappa shape index (κ2) is 4.97. The lowest BCUT2D eigenvalue weighted by Crippen LogP contribution is -2.18. The first-order valence-electron chi connectivity index (χ1n) is 6.41. The molecule has 21 heavy (non-hydrogen) atoms. The number of benzene rings is 2. The zero-order chi connectivity index (χ0) is 15.0. The van der Waals surface area contributed by atoms with Crippen molar-refractivity contribution < 1.29 is 8.81 Å². The van der Waals surface area contributed by atoms with Crippen LogP contribution in [0.5, 0.6) is 0 Å². The van der Waals surface area contributed by atoms with E-state index in [2.05, 4.69) is 4.98 Å². The van der Waals surface area contributed by atoms with Crippen molar-refractivity contribution in [2.45, 2.75) is 6.54 Å². The van der Waals surface area contributed by atoms with Crippen molar-refractivity contribution in [3.05, 3.63) is 58.3 Å². The van der Waals surface area contributed by atoms with E-state index in [0.29, 0.717) is 34.6 Å². The van der Waals surface area contributed by atoms with Crippen LogP contribution in [0.1, 0.15) is 5.56 Å². The molecule has 0 aliphatic carbocycles. The summed E-state index contributed by atoms with van der Waals surface area (Å²) in [5.41, 5.74) is 8.67. The highest BCUT2D eigenvalue weighted by Gasteiger charge is 2.12. The lowest BCUT2D eigenvalue weighted by molar-refractivity contribution is 0.555. The minimum absolute atomic E-state index is 0.263. The third kappa shape index (κ3) is 2.47. The van der Waals surface area contributed by atoms with Crippen molar-refractivity contribution in [1.29, 1.82) is 0 Å². The zero-order valence-electron chi connectivity index (χ0n) is 11.4. The highest BCUT2D eigenvalue weighted by Crippen LogP contribution is 2.28. The largest absolute Gasteiger partial charge is 0.417 e. The standard InChI is InChI=1S/C15H14FN3O2/c1-19(8-9-4-2-3-5-10(9)16)13-7-12-14(6-11(13)17)21-15(20)18-12/h2-7H,8,17H2,1H3,(H,18,20). The van der Waals surface area contributed by atoms with Gasteiger partial charge in [0.25, 0.3) is 0 Å². The van der Waals surface area contributed by atoms with Gasteiger partial charge in [0.2, 0.25) is 0 Å². The Balaban J connectivity index is 1.97. The van der Waals surface area contributed by atoms with Crippen LogP contribution in [0, 0.1) is 5.82 Å². The molecule has 0 radical (unpaired) electrons. The fourth-order valence-electron chi connectivity index (χ4n) is 2.30. The molecule has 0 amide bonds. The van der Waals surface area contributed by atoms with Crippen LogP contribution in [0.25, 0.3) is 11.1 Å². The maximum absolute atomic E-state index is 13.7. The van der Waals surface area contributed by atoms with Crippen molar-refractivity contribution in [2.24, 2.45) is 0 Å². The third-order valence-electron chi connectivity index (χ3n) is 3.34. The van der Waals surface area contributed by atoms with E-state index in [1.54, 1.807) is 30.3 Å². The van der Waals surface area contributed by atoms with Gasteiger partial charge in [0.15, 0.2) is 5.58 Å². The SMILES string of the molecule is CN(Cc1ccccc1F)c1cc2[nH]c(=O)oc2cc1N. The van der Waals surface area contributed by atoms with Gasteiger partial charge in [-0.2, -0.15) is 0 Å². The number of nitrogens with two attached hydrogens (primary N) is 1. The van der Waals surface area contributed by atoms with Gasteiger partial charge < -0.3 is 15.1 Å². The first-order chi connectivity index (χ1) is 10.0. The Morgan fingerprint density at radius 1 is 1.33 bits per heavy atom. The Kier molecular flexibility index (Phi) is 3.13. The van der Waals surface area contributed by atoms with Crippen molar-refractivity contribution in [3.8, 4) is 0 Å². The molecule has 0 unspecified atom stereocenters. The Morgan fingerprint density at radius 2 is 2.10 bits per heavy atom. The Bertz CT molecular complexity index is 853. The monoisotopic (exact) mass is 287 g/mol. The van der Waals surface area contributed by atoms with Gasteiger partial charge in [-0.3, -0.25) is 4.98 Å². The Morgan fingerprint density at radius 3 is 2.86 bits per heavy atom. The van der Waals surface area contributed by atoms with E-state index in [-0.39, 0.29) is 5.82 Å². The van der Waals surface area contributed by atoms with Crippen molar-refractivity contribution in [1.82, 2.24) is 4.98 Å². The maximum atomic E-state index is 13.7. The number of fused-ring (bicyclic) bond motifs is 1. The summed E-state index contributed by atoms with van der Waals surface area (Å²) in [6.45, 7) is 0.366. The normalized spacial score (nSPS) is 11.0. The van der Waals surface area contributed by atoms with Crippen LogP contribution >= 0.6 is 0 Å². The molecule has 1 aromatic heterocycles. The molecule has 0 atom stereocenters. The molecular formula is C15H14FN3O2. The predicted octanol–water partition coefficient (Wildman–Crippen LogP) is 2.48. The summed E-state index contributed by atoms with van der Waals surface area (Å²) in [4.78, 5) is 15.6. The number of nitrogens with zero attached hydrogens (tertiary/aromatic N) is 1. The topological polar surface area (TPSA) is 75.3 Å². The van der Waals surface area contributed by atoms with E-state index in [1.165, 1.54) is 6.07 Å². The smallest absolute Gasteiger partial charge is 0.408 e. The summed E-state index contributed by atoms with van der Waals surface area (Å²) in [5, 5.41) is 0. The van der Waals surface area contributed by atoms with E-state index in [4.69, 9.17) is 10.2 Å². The number of nitrogen functional groups attached to an aromatic ring is 1. The number of aromatic amines is 1. The van der Waals surface area contributed by atoms with Crippen LogP contribution < -0.4 is 16.4 Å². The summed E-state index contributed by atoms with van der Waals surface area (Å²) in [7, 11) is 1.81. The van der Waals surface area contributed by atoms with Crippen LogP contribution in [0.3, 0.4) is 0 Å². The molecule has 0 fully saturated rings. The average Bonchev–Trinajstić information content (AvgIpc) is 2.79. The van der Waals surface area contributed by atoms with Gasteiger partial charge in [0.05, 0.1) is 16.9 Å². The summed E-state index contributed by atoms with van der Waals surface area (Å²) >= 11 is 0. The van der Waals surface area contributed by atoms with Crippen molar-refractivity contribution >= 4 is 22.5 Å². The van der Waals surface area contributed by atoms with E-state index >= 15 is 0 Å². The van der Waals surface area contributed by atoms with Gasteiger partial charge in [-0.1, -0.05) is 18.2 Å². The maximum Gasteiger partial charge on any atom is 0.417 e. The van der Waals surface area contributed by atoms with Crippen LogP contribution in [-0.4, -0.2) is 12.0 Å². The highest BCUT2D eigenvalue weighted by atomic mass is 19.1. The number of halogens is 1. The molecule has 0 aliphatic rings. The molecule has 0 saturated heterocycles. The van der Waals surface area contributed by atoms with Gasteiger partial charge in [0, 0.05) is 25.2 Å². The molecule has 3 aromatic rings. The van der Waals surface area contributed by atoms with Crippen LogP contribution in [0.4, 0.5) is 15.8 Å². The van der Waals surface area contributed by atoms with Crippen molar-refractivity contribution in [2.75, 3.05) is 17.7 Å². The van der Waals surface area contributed by atoms with E-state index < -0.39 is 5.76 Å². The predicted molar refractivity (Wildman–Crippen MR) is 79.8 cm³/mol. The average molecular weight is 287 g/mol. The highest BCUT2D eigenvalue weighted by molar-refractivity contribution is 5.85. The number of oxazole rings is 1. The molecule has 2 aromatic carbocycles. The molecule has 1 heterocycles. The number of aromatic nitrogens is 1. The molecular weight excluding hydrogens is 273 g/mol. The van der Waals surface area contributed by atoms with Gasteiger partial charge in [-0.25, -0.2) is 9.18 Å². The fourth-order valence-corrected chi connectivity index (χ4v) is 2.30. The van der Waals surface area contributed by atoms with Crippen LogP contribution in [-0.2, 0) is 6.54 Å². The molecule has 6 heteroatoms. The molecule has 3 rings (SSSR count). The summed E-state index contributed by atoms with van der Waals surface area (Å²) in [6.07, 6.45) is 0. The number of hydrogen-bond acceptors (Lipinski definition) is 4. The second-order valence-corrected chi connectivity index (χ2v) is 4.87. The number of H-pyrrole nitrogens is 1. The summed E-state index contributed by atoms with van der Waals surface area (Å²) in [5.74, 6) is -0.793. The first-order valence-corrected chi connectivity index (χ1v) is 6.41. The summed E-state index contributed by atoms with van der Waals surface area (Å²) < 4.78 is 18.7. The lowest BCUT2D eigenvalue weighted by atomic mass is 10.1. The molecule has 0 saturated carbocycles. The number of hydrogen-bond donors (Lipinski definition) is 2. The first kappa shape index (κ1) is 13.2. The summed E-state index contributed by atoms with van der Waals surface area (Å²) in [6, 6.07) is 9.88. The number of rotatable bonds is 3. The van der Waals surface area contributed by atoms with Gasteiger partial charge in [-0.05, 0) is 12.1 Å². The van der Waals surface area contributed by atoms with E-state index in [1.807, 2.05) is 11.9 Å². The van der Waals surface area contributed by atoms with Crippen molar-refractivity contribution in [3.63, 3.8) is 0 Å². The fraction of sp³-hybridized carbons (Fsp3) is 0.133. The Labute approximate surface area is 119 Å². The molecule has 108 valence electrons. The molecule has 0 aliphatic heterocycles. The van der Waals surface area contributed by atoms with Gasteiger partial charge in [0.1, 0.15) is 5.82 Å². The third-order valence-corrected chi connectivity index (χ3v) is 3.34. The molecule has 0 spiro atoms. The van der Waals surface area contributed by atoms with E-state index in [0.717, 1.165) is 0 Å². The minimum Gasteiger partial charge on any atom is -0.408 e. The van der Waals surface area contributed by atoms with Crippen LogP contribution in [0.2, 0.25) is 0 Å². The second-order valence-electron chi connectivity index (χ2n) is 4.87. The molecule has 3 N–H and O–H groups in total. The van der Waals surface area contributed by atoms with Crippen LogP contribution in [0.15, 0.2) is 45.6 Å². The molecule has 0 bridgehead atoms. The van der Waals surface area contributed by atoms with Gasteiger partial charge >= 0.3 is 5.76 Å². The molecule has 5 nitrogen and oxygen atoms in total. The van der Waals surface area contributed by atoms with Gasteiger partial charge in [-0.15, -0.1) is 0 Å². The number of nitrogens with one attached hydrogen (secondary N) is 1. The van der Waals surface area contributed by atoms with E-state index in [9.17, 15) is 9.18 Å². The lowest BCUT2D eigenvalue weighted by Gasteiger charge is -2.21. The zero-order valence-corrected chi connectivity index (χ0v) is 11.4. The minimum atomic E-state index is -0.529. The quantitative estimate of drug-likeness (QED) is 0.726. The number of anilines is 2. The Hall–Kier alpha value is -2.76.